The van der Waals surface area contributed by atoms with E-state index in [0.717, 1.165) is 37.0 Å². The van der Waals surface area contributed by atoms with Gasteiger partial charge in [-0.2, -0.15) is 0 Å². The third-order valence-electron chi connectivity index (χ3n) is 4.73. The average Bonchev–Trinajstić information content (AvgIpc) is 2.73. The van der Waals surface area contributed by atoms with Crippen molar-refractivity contribution in [3.63, 3.8) is 0 Å². The Balaban J connectivity index is 0.000000991. The summed E-state index contributed by atoms with van der Waals surface area (Å²) in [7, 11) is 0. The first kappa shape index (κ1) is 31.4. The minimum atomic E-state index is -1.08. The molecule has 185 valence electrons. The number of carbonyl (C=O) groups excluding carboxylic acids is 2. The summed E-state index contributed by atoms with van der Waals surface area (Å²) in [6.45, 7) is 3.72. The average molecular weight is 545 g/mol. The zero-order valence-electron chi connectivity index (χ0n) is 18.7. The molecule has 0 bridgehead atoms. The van der Waals surface area contributed by atoms with Gasteiger partial charge < -0.3 is 30.4 Å². The Morgan fingerprint density at radius 3 is 1.30 bits per heavy atom. The van der Waals surface area contributed by atoms with Crippen molar-refractivity contribution in [2.24, 2.45) is 0 Å². The smallest absolute Gasteiger partial charge is 0.550 e. The van der Waals surface area contributed by atoms with E-state index in [4.69, 9.17) is 43.0 Å². The summed E-state index contributed by atoms with van der Waals surface area (Å²) in [5.41, 5.74) is 2.56. The van der Waals surface area contributed by atoms with Crippen LogP contribution >= 0.6 is 23.2 Å². The van der Waals surface area contributed by atoms with Gasteiger partial charge in [0.2, 0.25) is 0 Å². The van der Waals surface area contributed by atoms with Crippen molar-refractivity contribution in [1.29, 1.82) is 0 Å². The quantitative estimate of drug-likeness (QED) is 0.542. The molecule has 2 aromatic carbocycles. The molecule has 0 amide bonds. The van der Waals surface area contributed by atoms with Gasteiger partial charge in [-0.05, 0) is 62.1 Å². The van der Waals surface area contributed by atoms with Crippen molar-refractivity contribution in [3.05, 3.63) is 69.7 Å². The summed E-state index contributed by atoms with van der Waals surface area (Å²) in [6.07, 6.45) is 5.06. The third-order valence-corrected chi connectivity index (χ3v) is 5.23. The van der Waals surface area contributed by atoms with Crippen molar-refractivity contribution >= 4 is 35.1 Å². The monoisotopic (exact) mass is 543 g/mol. The SMILES string of the molecule is CC(=O)[O-].CC(=O)[O-].Clc1ccc(CN[C@@H]2CCCC[C@H]2NCc2ccc(Cl)cc2)cc1.[Cu+2]. The number of rotatable bonds is 6. The molecule has 2 aromatic rings. The van der Waals surface area contributed by atoms with Crippen LogP contribution in [0.4, 0.5) is 0 Å². The predicted molar refractivity (Wildman–Crippen MR) is 124 cm³/mol. The van der Waals surface area contributed by atoms with Crippen LogP contribution in [0.15, 0.2) is 48.5 Å². The number of carboxylic acids is 2. The van der Waals surface area contributed by atoms with E-state index in [9.17, 15) is 0 Å². The molecule has 2 atom stereocenters. The Labute approximate surface area is 216 Å². The van der Waals surface area contributed by atoms with E-state index in [2.05, 4.69) is 34.9 Å². The van der Waals surface area contributed by atoms with Gasteiger partial charge in [-0.1, -0.05) is 60.3 Å². The zero-order chi connectivity index (χ0) is 23.9. The van der Waals surface area contributed by atoms with Crippen molar-refractivity contribution in [2.45, 2.75) is 64.7 Å². The van der Waals surface area contributed by atoms with Crippen LogP contribution < -0.4 is 20.8 Å². The van der Waals surface area contributed by atoms with Gasteiger partial charge in [-0.15, -0.1) is 0 Å². The number of hydrogen-bond donors (Lipinski definition) is 2. The Kier molecular flexibility index (Phi) is 17.0. The standard InChI is InChI=1S/C20H24Cl2N2.2C2H4O2.Cu/c21-17-9-5-15(6-10-17)13-23-19-3-1-2-4-20(19)24-14-16-7-11-18(22)12-8-16;2*1-2(3)4;/h5-12,19-20,23-24H,1-4,13-14H2;2*1H3,(H,3,4);/q;;;+2/p-2/t19-,20-;;;/m1.../s1. The molecule has 0 aliphatic heterocycles. The molecule has 2 N–H and O–H groups in total. The van der Waals surface area contributed by atoms with Gasteiger partial charge in [0.05, 0.1) is 0 Å². The molecule has 0 saturated heterocycles. The number of carbonyl (C=O) groups is 2. The number of benzene rings is 2. The van der Waals surface area contributed by atoms with Crippen LogP contribution in [0.5, 0.6) is 0 Å². The molecular formula is C24H30Cl2CuN2O4. The number of halogens is 2. The fourth-order valence-corrected chi connectivity index (χ4v) is 3.57. The van der Waals surface area contributed by atoms with Crippen molar-refractivity contribution in [2.75, 3.05) is 0 Å². The Morgan fingerprint density at radius 2 is 1.03 bits per heavy atom. The maximum Gasteiger partial charge on any atom is 2.00 e. The molecule has 0 heterocycles. The maximum atomic E-state index is 8.89. The van der Waals surface area contributed by atoms with Gasteiger partial charge in [0.25, 0.3) is 0 Å². The van der Waals surface area contributed by atoms with E-state index in [0.29, 0.717) is 12.1 Å². The van der Waals surface area contributed by atoms with E-state index >= 15 is 0 Å². The summed E-state index contributed by atoms with van der Waals surface area (Å²) in [5.74, 6) is -2.17. The number of aliphatic carboxylic acids is 2. The van der Waals surface area contributed by atoms with Gasteiger partial charge >= 0.3 is 17.1 Å². The molecule has 1 fully saturated rings. The summed E-state index contributed by atoms with van der Waals surface area (Å²) in [5, 5.41) is 26.8. The van der Waals surface area contributed by atoms with E-state index in [1.54, 1.807) is 0 Å². The van der Waals surface area contributed by atoms with E-state index < -0.39 is 11.9 Å². The first-order valence-electron chi connectivity index (χ1n) is 10.5. The Bertz CT molecular complexity index is 743. The minimum absolute atomic E-state index is 0. The van der Waals surface area contributed by atoms with E-state index in [-0.39, 0.29) is 17.1 Å². The fourth-order valence-electron chi connectivity index (χ4n) is 3.32. The van der Waals surface area contributed by atoms with Gasteiger partial charge in [-0.25, -0.2) is 0 Å². The summed E-state index contributed by atoms with van der Waals surface area (Å²) < 4.78 is 0. The largest absolute Gasteiger partial charge is 2.00 e. The third kappa shape index (κ3) is 15.8. The second-order valence-electron chi connectivity index (χ2n) is 7.50. The van der Waals surface area contributed by atoms with E-state index in [1.165, 1.54) is 36.8 Å². The number of nitrogens with one attached hydrogen (secondary N) is 2. The molecule has 1 radical (unpaired) electrons. The topological polar surface area (TPSA) is 104 Å². The molecule has 0 spiro atoms. The second kappa shape index (κ2) is 17.8. The second-order valence-corrected chi connectivity index (χ2v) is 8.37. The van der Waals surface area contributed by atoms with Crippen LogP contribution in [-0.2, 0) is 39.7 Å². The zero-order valence-corrected chi connectivity index (χ0v) is 21.2. The number of carboxylic acid groups (broad SMARTS) is 2. The molecule has 0 unspecified atom stereocenters. The van der Waals surface area contributed by atoms with Crippen LogP contribution in [0.2, 0.25) is 10.0 Å². The molecule has 0 aromatic heterocycles. The van der Waals surface area contributed by atoms with Crippen molar-refractivity contribution < 1.29 is 36.9 Å². The molecule has 1 saturated carbocycles. The Morgan fingerprint density at radius 1 is 0.758 bits per heavy atom. The van der Waals surface area contributed by atoms with Gasteiger partial charge in [0.15, 0.2) is 0 Å². The molecule has 3 rings (SSSR count). The molecule has 9 heteroatoms. The molecule has 6 nitrogen and oxygen atoms in total. The molecule has 1 aliphatic rings. The van der Waals surface area contributed by atoms with Crippen LogP contribution in [0.3, 0.4) is 0 Å². The minimum Gasteiger partial charge on any atom is -0.550 e. The molecule has 1 aliphatic carbocycles. The number of hydrogen-bond acceptors (Lipinski definition) is 6. The summed E-state index contributed by atoms with van der Waals surface area (Å²) in [4.78, 5) is 17.8. The fraction of sp³-hybridized carbons (Fsp3) is 0.417. The summed E-state index contributed by atoms with van der Waals surface area (Å²) in [6, 6.07) is 17.2. The van der Waals surface area contributed by atoms with Crippen LogP contribution in [0, 0.1) is 0 Å². The Hall–Kier alpha value is -1.60. The summed E-state index contributed by atoms with van der Waals surface area (Å²) >= 11 is 11.9. The first-order chi connectivity index (χ1) is 15.2. The molecular weight excluding hydrogens is 515 g/mol. The predicted octanol–water partition coefficient (Wildman–Crippen LogP) is 2.69. The van der Waals surface area contributed by atoms with Gasteiger partial charge in [-0.3, -0.25) is 0 Å². The van der Waals surface area contributed by atoms with Crippen LogP contribution in [0.25, 0.3) is 0 Å². The van der Waals surface area contributed by atoms with Crippen molar-refractivity contribution in [1.82, 2.24) is 10.6 Å². The maximum absolute atomic E-state index is 8.89. The first-order valence-corrected chi connectivity index (χ1v) is 11.2. The van der Waals surface area contributed by atoms with Gasteiger partial charge in [0.1, 0.15) is 0 Å². The van der Waals surface area contributed by atoms with Crippen molar-refractivity contribution in [3.8, 4) is 0 Å². The molecule has 33 heavy (non-hydrogen) atoms. The van der Waals surface area contributed by atoms with Crippen LogP contribution in [-0.4, -0.2) is 24.0 Å². The normalized spacial score (nSPS) is 16.7. The van der Waals surface area contributed by atoms with E-state index in [1.807, 2.05) is 24.3 Å². The van der Waals surface area contributed by atoms with Gasteiger partial charge in [0, 0.05) is 47.2 Å². The van der Waals surface area contributed by atoms with Crippen LogP contribution in [0.1, 0.15) is 50.7 Å².